The molecule has 1 amide bonds. The number of furan rings is 1. The van der Waals surface area contributed by atoms with Gasteiger partial charge in [-0.3, -0.25) is 9.00 Å². The van der Waals surface area contributed by atoms with Crippen LogP contribution >= 0.6 is 11.6 Å². The molecule has 0 saturated carbocycles. The van der Waals surface area contributed by atoms with E-state index in [0.29, 0.717) is 22.2 Å². The second kappa shape index (κ2) is 9.76. The van der Waals surface area contributed by atoms with Gasteiger partial charge in [-0.2, -0.15) is 0 Å². The summed E-state index contributed by atoms with van der Waals surface area (Å²) >= 11 is 6.08. The van der Waals surface area contributed by atoms with E-state index in [-0.39, 0.29) is 23.5 Å². The SMILES string of the molecule is CC(C)Oc1ccc(CNC(=O)c2ccc(C[S@](=O)c3ccccc3Cl)o2)cc1. The van der Waals surface area contributed by atoms with E-state index in [2.05, 4.69) is 5.32 Å². The lowest BCUT2D eigenvalue weighted by molar-refractivity contribution is 0.0921. The minimum absolute atomic E-state index is 0.112. The topological polar surface area (TPSA) is 68.5 Å². The molecule has 0 aliphatic carbocycles. The molecule has 5 nitrogen and oxygen atoms in total. The molecule has 1 aromatic heterocycles. The fourth-order valence-corrected chi connectivity index (χ4v) is 4.12. The third-order valence-electron chi connectivity index (χ3n) is 3.99. The zero-order valence-corrected chi connectivity index (χ0v) is 17.8. The van der Waals surface area contributed by atoms with Crippen LogP contribution in [-0.4, -0.2) is 16.2 Å². The molecule has 2 aromatic carbocycles. The maximum absolute atomic E-state index is 12.5. The molecule has 29 heavy (non-hydrogen) atoms. The number of carbonyl (C=O) groups is 1. The largest absolute Gasteiger partial charge is 0.491 e. The number of carbonyl (C=O) groups excluding carboxylic acids is 1. The summed E-state index contributed by atoms with van der Waals surface area (Å²) in [6.45, 7) is 4.30. The second-order valence-corrected chi connectivity index (χ2v) is 8.51. The van der Waals surface area contributed by atoms with Gasteiger partial charge in [0, 0.05) is 6.54 Å². The molecule has 0 bridgehead atoms. The summed E-state index contributed by atoms with van der Waals surface area (Å²) in [5.74, 6) is 1.24. The van der Waals surface area contributed by atoms with Gasteiger partial charge in [-0.05, 0) is 55.8 Å². The monoisotopic (exact) mass is 431 g/mol. The van der Waals surface area contributed by atoms with E-state index in [0.717, 1.165) is 11.3 Å². The van der Waals surface area contributed by atoms with Crippen LogP contribution in [0.15, 0.2) is 70.0 Å². The molecule has 3 rings (SSSR count). The van der Waals surface area contributed by atoms with E-state index in [1.165, 1.54) is 0 Å². The van der Waals surface area contributed by atoms with Crippen LogP contribution in [0.4, 0.5) is 0 Å². The van der Waals surface area contributed by atoms with Gasteiger partial charge in [-0.1, -0.05) is 35.9 Å². The highest BCUT2D eigenvalue weighted by Crippen LogP contribution is 2.22. The van der Waals surface area contributed by atoms with E-state index in [1.807, 2.05) is 38.1 Å². The number of nitrogens with one attached hydrogen (secondary N) is 1. The molecular formula is C22H22ClNO4S. The molecule has 1 heterocycles. The first kappa shape index (κ1) is 21.1. The molecule has 1 atom stereocenters. The third-order valence-corrected chi connectivity index (χ3v) is 5.82. The van der Waals surface area contributed by atoms with Gasteiger partial charge in [-0.15, -0.1) is 0 Å². The Labute approximate surface area is 177 Å². The lowest BCUT2D eigenvalue weighted by Gasteiger charge is -2.10. The van der Waals surface area contributed by atoms with Crippen molar-refractivity contribution in [3.8, 4) is 5.75 Å². The van der Waals surface area contributed by atoms with Crippen molar-refractivity contribution in [1.29, 1.82) is 0 Å². The van der Waals surface area contributed by atoms with Crippen molar-refractivity contribution in [1.82, 2.24) is 5.32 Å². The van der Waals surface area contributed by atoms with Crippen molar-refractivity contribution in [3.05, 3.63) is 82.8 Å². The van der Waals surface area contributed by atoms with Gasteiger partial charge in [0.25, 0.3) is 5.91 Å². The Balaban J connectivity index is 1.55. The quantitative estimate of drug-likeness (QED) is 0.547. The van der Waals surface area contributed by atoms with Crippen molar-refractivity contribution >= 4 is 28.3 Å². The normalized spacial score (nSPS) is 12.0. The summed E-state index contributed by atoms with van der Waals surface area (Å²) in [5.41, 5.74) is 0.945. The van der Waals surface area contributed by atoms with Crippen molar-refractivity contribution in [3.63, 3.8) is 0 Å². The van der Waals surface area contributed by atoms with E-state index < -0.39 is 10.8 Å². The highest BCUT2D eigenvalue weighted by atomic mass is 35.5. The Bertz CT molecular complexity index is 998. The summed E-state index contributed by atoms with van der Waals surface area (Å²) in [7, 11) is -1.36. The average molecular weight is 432 g/mol. The van der Waals surface area contributed by atoms with Gasteiger partial charge < -0.3 is 14.5 Å². The van der Waals surface area contributed by atoms with E-state index in [9.17, 15) is 9.00 Å². The Kier molecular flexibility index (Phi) is 7.12. The van der Waals surface area contributed by atoms with Crippen molar-refractivity contribution < 1.29 is 18.2 Å². The first-order chi connectivity index (χ1) is 13.9. The average Bonchev–Trinajstić information content (AvgIpc) is 3.15. The fraction of sp³-hybridized carbons (Fsp3) is 0.227. The molecule has 0 aliphatic rings. The summed E-state index contributed by atoms with van der Waals surface area (Å²) < 4.78 is 23.6. The molecule has 3 aromatic rings. The minimum atomic E-state index is -1.36. The van der Waals surface area contributed by atoms with E-state index in [4.69, 9.17) is 20.8 Å². The predicted molar refractivity (Wildman–Crippen MR) is 114 cm³/mol. The van der Waals surface area contributed by atoms with Crippen LogP contribution in [0.2, 0.25) is 5.02 Å². The number of halogens is 1. The van der Waals surface area contributed by atoms with Crippen LogP contribution in [0, 0.1) is 0 Å². The number of amides is 1. The number of benzene rings is 2. The van der Waals surface area contributed by atoms with Gasteiger partial charge in [0.05, 0.1) is 32.6 Å². The number of hydrogen-bond donors (Lipinski definition) is 1. The van der Waals surface area contributed by atoms with Crippen molar-refractivity contribution in [2.45, 2.75) is 37.1 Å². The summed E-state index contributed by atoms with van der Waals surface area (Å²) in [5, 5.41) is 3.26. The molecule has 152 valence electrons. The van der Waals surface area contributed by atoms with Gasteiger partial charge in [0.2, 0.25) is 0 Å². The van der Waals surface area contributed by atoms with Crippen LogP contribution in [0.25, 0.3) is 0 Å². The predicted octanol–water partition coefficient (Wildman–Crippen LogP) is 4.96. The zero-order valence-electron chi connectivity index (χ0n) is 16.2. The number of rotatable bonds is 8. The summed E-state index contributed by atoms with van der Waals surface area (Å²) in [4.78, 5) is 12.9. The molecule has 0 saturated heterocycles. The highest BCUT2D eigenvalue weighted by Gasteiger charge is 2.15. The molecule has 1 N–H and O–H groups in total. The molecule has 7 heteroatoms. The van der Waals surface area contributed by atoms with Crippen LogP contribution in [0.5, 0.6) is 5.75 Å². The first-order valence-electron chi connectivity index (χ1n) is 9.18. The van der Waals surface area contributed by atoms with Crippen LogP contribution in [0.1, 0.15) is 35.7 Å². The second-order valence-electron chi connectivity index (χ2n) is 6.68. The smallest absolute Gasteiger partial charge is 0.287 e. The molecule has 0 radical (unpaired) electrons. The standard InChI is InChI=1S/C22H22ClNO4S/c1-15(2)27-17-9-7-16(8-10-17)13-24-22(25)20-12-11-18(28-20)14-29(26)21-6-4-3-5-19(21)23/h3-12,15H,13-14H2,1-2H3,(H,24,25)/t29-/m0/s1. The Hall–Kier alpha value is -2.57. The first-order valence-corrected chi connectivity index (χ1v) is 10.9. The maximum Gasteiger partial charge on any atom is 0.287 e. The fourth-order valence-electron chi connectivity index (χ4n) is 2.64. The lowest BCUT2D eigenvalue weighted by atomic mass is 10.2. The maximum atomic E-state index is 12.5. The van der Waals surface area contributed by atoms with Crippen molar-refractivity contribution in [2.75, 3.05) is 0 Å². The molecule has 0 fully saturated rings. The molecular weight excluding hydrogens is 410 g/mol. The van der Waals surface area contributed by atoms with Gasteiger partial charge in [-0.25, -0.2) is 0 Å². The lowest BCUT2D eigenvalue weighted by Crippen LogP contribution is -2.22. The van der Waals surface area contributed by atoms with Gasteiger partial charge in [0.1, 0.15) is 11.5 Å². The van der Waals surface area contributed by atoms with E-state index >= 15 is 0 Å². The number of ether oxygens (including phenoxy) is 1. The molecule has 0 unspecified atom stereocenters. The van der Waals surface area contributed by atoms with Crippen LogP contribution in [0.3, 0.4) is 0 Å². The minimum Gasteiger partial charge on any atom is -0.491 e. The Morgan fingerprint density at radius 3 is 2.52 bits per heavy atom. The summed E-state index contributed by atoms with van der Waals surface area (Å²) in [6.07, 6.45) is 0.112. The Morgan fingerprint density at radius 2 is 1.83 bits per heavy atom. The van der Waals surface area contributed by atoms with E-state index in [1.54, 1.807) is 36.4 Å². The van der Waals surface area contributed by atoms with Crippen molar-refractivity contribution in [2.24, 2.45) is 0 Å². The molecule has 0 aliphatic heterocycles. The third kappa shape index (κ3) is 5.95. The van der Waals surface area contributed by atoms with Gasteiger partial charge in [0.15, 0.2) is 5.76 Å². The summed E-state index contributed by atoms with van der Waals surface area (Å²) in [6, 6.07) is 17.7. The van der Waals surface area contributed by atoms with Gasteiger partial charge >= 0.3 is 0 Å². The van der Waals surface area contributed by atoms with Crippen LogP contribution < -0.4 is 10.1 Å². The Morgan fingerprint density at radius 1 is 1.10 bits per heavy atom. The number of hydrogen-bond acceptors (Lipinski definition) is 4. The molecule has 0 spiro atoms. The zero-order chi connectivity index (χ0) is 20.8. The highest BCUT2D eigenvalue weighted by molar-refractivity contribution is 7.84. The van der Waals surface area contributed by atoms with Crippen LogP contribution in [-0.2, 0) is 23.1 Å².